The van der Waals surface area contributed by atoms with E-state index in [0.717, 1.165) is 16.7 Å². The van der Waals surface area contributed by atoms with Gasteiger partial charge in [0.1, 0.15) is 23.4 Å². The predicted octanol–water partition coefficient (Wildman–Crippen LogP) is 3.53. The summed E-state index contributed by atoms with van der Waals surface area (Å²) in [7, 11) is 5.20. The fourth-order valence-corrected chi connectivity index (χ4v) is 8.18. The first-order chi connectivity index (χ1) is 23.7. The summed E-state index contributed by atoms with van der Waals surface area (Å²) in [4.78, 5) is 30.4. The van der Waals surface area contributed by atoms with E-state index in [9.17, 15) is 20.0 Å². The molecule has 0 aromatic heterocycles. The number of rotatable bonds is 8. The van der Waals surface area contributed by atoms with Gasteiger partial charge in [-0.05, 0) is 72.6 Å². The van der Waals surface area contributed by atoms with E-state index >= 15 is 0 Å². The van der Waals surface area contributed by atoms with Crippen molar-refractivity contribution in [3.8, 4) is 34.8 Å². The molecule has 0 radical (unpaired) electrons. The van der Waals surface area contributed by atoms with Crippen LogP contribution < -0.4 is 29.6 Å². The zero-order valence-corrected chi connectivity index (χ0v) is 30.1. The summed E-state index contributed by atoms with van der Waals surface area (Å²) in [5.41, 5.74) is 4.08. The highest BCUT2D eigenvalue weighted by molar-refractivity contribution is 5.85. The molecule has 1 saturated heterocycles. The average molecular weight is 694 g/mol. The lowest BCUT2D eigenvalue weighted by Gasteiger charge is -2.60. The van der Waals surface area contributed by atoms with Crippen LogP contribution in [-0.4, -0.2) is 98.1 Å². The van der Waals surface area contributed by atoms with Gasteiger partial charge in [-0.2, -0.15) is 5.26 Å². The highest BCUT2D eigenvalue weighted by Gasteiger charge is 2.57. The molecule has 14 heteroatoms. The van der Waals surface area contributed by atoms with Crippen molar-refractivity contribution < 1.29 is 43.1 Å². The van der Waals surface area contributed by atoms with Crippen molar-refractivity contribution in [2.45, 2.75) is 96.2 Å². The number of aromatic hydroxyl groups is 1. The van der Waals surface area contributed by atoms with Crippen molar-refractivity contribution in [3.05, 3.63) is 39.4 Å². The second-order valence-corrected chi connectivity index (χ2v) is 14.4. The molecule has 4 aliphatic rings. The molecular formula is C36H47N5O9. The summed E-state index contributed by atoms with van der Waals surface area (Å²) < 4.78 is 34.7. The number of phenolic OH excluding ortho intramolecular Hbond substituents is 1. The minimum absolute atomic E-state index is 0.0117. The number of nitrogens with zero attached hydrogens (tertiary/aromatic N) is 3. The summed E-state index contributed by atoms with van der Waals surface area (Å²) in [6.45, 7) is 10.6. The molecule has 2 aromatic carbocycles. The number of nitrogens with one attached hydrogen (secondary N) is 2. The first-order valence-electron chi connectivity index (χ1n) is 16.8. The Labute approximate surface area is 292 Å². The Morgan fingerprint density at radius 1 is 1.12 bits per heavy atom. The Bertz CT molecular complexity index is 1730. The number of hydrogen-bond donors (Lipinski definition) is 3. The quantitative estimate of drug-likeness (QED) is 0.345. The molecule has 4 heterocycles. The number of ether oxygens (including phenoxy) is 6. The molecule has 2 amide bonds. The third-order valence-electron chi connectivity index (χ3n) is 10.2. The first kappa shape index (κ1) is 35.4. The number of hydrogen-bond acceptors (Lipinski definition) is 12. The lowest BCUT2D eigenvalue weighted by Crippen LogP contribution is -2.69. The van der Waals surface area contributed by atoms with E-state index < -0.39 is 35.7 Å². The minimum atomic E-state index is -0.915. The molecule has 14 nitrogen and oxygen atoms in total. The zero-order chi connectivity index (χ0) is 36.2. The van der Waals surface area contributed by atoms with Gasteiger partial charge in [0.15, 0.2) is 29.8 Å². The van der Waals surface area contributed by atoms with Gasteiger partial charge in [-0.25, -0.2) is 4.79 Å². The Morgan fingerprint density at radius 3 is 2.50 bits per heavy atom. The maximum Gasteiger partial charge on any atom is 0.408 e. The largest absolute Gasteiger partial charge is 0.507 e. The highest BCUT2D eigenvalue weighted by atomic mass is 16.7. The molecule has 50 heavy (non-hydrogen) atoms. The van der Waals surface area contributed by atoms with Crippen LogP contribution in [0.25, 0.3) is 0 Å². The molecule has 0 spiro atoms. The monoisotopic (exact) mass is 693 g/mol. The van der Waals surface area contributed by atoms with E-state index in [0.29, 0.717) is 52.5 Å². The number of phenols is 1. The number of benzene rings is 2. The molecule has 0 aliphatic carbocycles. The van der Waals surface area contributed by atoms with E-state index in [1.807, 2.05) is 14.0 Å². The highest BCUT2D eigenvalue weighted by Crippen LogP contribution is 2.58. The number of carbonyl (C=O) groups is 2. The van der Waals surface area contributed by atoms with Crippen molar-refractivity contribution >= 4 is 12.0 Å². The Balaban J connectivity index is 1.46. The molecule has 2 aromatic rings. The van der Waals surface area contributed by atoms with Crippen LogP contribution in [0.1, 0.15) is 73.2 Å². The van der Waals surface area contributed by atoms with Crippen molar-refractivity contribution in [1.82, 2.24) is 20.4 Å². The van der Waals surface area contributed by atoms with Crippen LogP contribution in [0.4, 0.5) is 4.79 Å². The molecule has 0 saturated carbocycles. The normalized spacial score (nSPS) is 24.2. The number of aryl methyl sites for hydroxylation is 1. The van der Waals surface area contributed by atoms with Crippen molar-refractivity contribution in [2.75, 3.05) is 41.4 Å². The van der Waals surface area contributed by atoms with Crippen LogP contribution in [-0.2, 0) is 27.1 Å². The van der Waals surface area contributed by atoms with Gasteiger partial charge in [-0.1, -0.05) is 6.07 Å². The van der Waals surface area contributed by atoms with Gasteiger partial charge >= 0.3 is 6.09 Å². The van der Waals surface area contributed by atoms with Crippen LogP contribution in [0.3, 0.4) is 0 Å². The van der Waals surface area contributed by atoms with Gasteiger partial charge in [0, 0.05) is 48.0 Å². The average Bonchev–Trinajstić information content (AvgIpc) is 3.54. The van der Waals surface area contributed by atoms with Gasteiger partial charge in [0.25, 0.3) is 0 Å². The summed E-state index contributed by atoms with van der Waals surface area (Å²) in [5, 5.41) is 28.2. The second kappa shape index (κ2) is 13.4. The number of nitriles is 1. The smallest absolute Gasteiger partial charge is 0.408 e. The van der Waals surface area contributed by atoms with Crippen LogP contribution in [0, 0.1) is 25.2 Å². The van der Waals surface area contributed by atoms with Gasteiger partial charge in [0.05, 0.1) is 25.3 Å². The Hall–Kier alpha value is -4.45. The van der Waals surface area contributed by atoms with Crippen LogP contribution >= 0.6 is 0 Å². The Kier molecular flexibility index (Phi) is 9.45. The lowest BCUT2D eigenvalue weighted by molar-refractivity contribution is -0.123. The van der Waals surface area contributed by atoms with Gasteiger partial charge in [0.2, 0.25) is 12.7 Å². The molecule has 3 N–H and O–H groups in total. The molecular weight excluding hydrogens is 646 g/mol. The molecule has 1 fully saturated rings. The van der Waals surface area contributed by atoms with E-state index in [1.165, 1.54) is 0 Å². The number of likely N-dealkylation sites (N-methyl/N-ethyl adjacent to an activating group) is 1. The summed E-state index contributed by atoms with van der Waals surface area (Å²) in [6, 6.07) is 1.73. The lowest BCUT2D eigenvalue weighted by atomic mass is 9.71. The van der Waals surface area contributed by atoms with E-state index in [1.54, 1.807) is 48.8 Å². The molecule has 270 valence electrons. The number of amides is 2. The van der Waals surface area contributed by atoms with E-state index in [-0.39, 0.29) is 44.0 Å². The number of piperazine rings is 1. The SMILES string of the molecule is COCOc1c(OC)c(C)cc2c1[C@@H]1C3Cc4c(O)c(C)c5c(c4[C@H](CNC(=O)[C@H](C)NC(=O)OC(C)(C)C)N3[C@@H](C#N)C(C2)N1C)OCO5. The van der Waals surface area contributed by atoms with Crippen LogP contribution in [0.15, 0.2) is 6.07 Å². The first-order valence-corrected chi connectivity index (χ1v) is 16.8. The molecule has 4 aliphatic heterocycles. The minimum Gasteiger partial charge on any atom is -0.507 e. The van der Waals surface area contributed by atoms with Crippen molar-refractivity contribution in [1.29, 1.82) is 5.26 Å². The molecule has 2 bridgehead atoms. The number of alkyl carbamates (subject to hydrolysis) is 1. The maximum atomic E-state index is 13.5. The maximum absolute atomic E-state index is 13.5. The topological polar surface area (TPSA) is 164 Å². The Morgan fingerprint density at radius 2 is 1.84 bits per heavy atom. The third kappa shape index (κ3) is 5.91. The third-order valence-corrected chi connectivity index (χ3v) is 10.2. The number of fused-ring (bicyclic) bond motifs is 9. The van der Waals surface area contributed by atoms with E-state index in [4.69, 9.17) is 28.4 Å². The summed E-state index contributed by atoms with van der Waals surface area (Å²) in [6.07, 6.45) is 0.232. The van der Waals surface area contributed by atoms with Gasteiger partial charge < -0.3 is 44.2 Å². The standard InChI is InChI=1S/C36H47N5O9/c1-17-10-20-11-22-24(13-37)41-23(28(40(22)7)26(20)32(30(17)46-9)47-15-45-8)12-21-27(33-31(48-16-49-33)18(2)29(21)42)25(41)14-38-34(43)19(3)39-35(44)50-36(4,5)6/h10,19,22-25,28,42H,11-12,14-16H2,1-9H3,(H,38,43)(H,39,44)/t19-,22?,23?,24-,25-,28-/m0/s1. The number of carbonyl (C=O) groups excluding carboxylic acids is 2. The van der Waals surface area contributed by atoms with Crippen molar-refractivity contribution in [3.63, 3.8) is 0 Å². The van der Waals surface area contributed by atoms with Gasteiger partial charge in [-0.15, -0.1) is 0 Å². The van der Waals surface area contributed by atoms with Gasteiger partial charge in [-0.3, -0.25) is 14.6 Å². The van der Waals surface area contributed by atoms with Crippen molar-refractivity contribution in [2.24, 2.45) is 0 Å². The summed E-state index contributed by atoms with van der Waals surface area (Å²) >= 11 is 0. The molecule has 2 unspecified atom stereocenters. The van der Waals surface area contributed by atoms with E-state index in [2.05, 4.69) is 32.6 Å². The second-order valence-electron chi connectivity index (χ2n) is 14.4. The molecule has 6 rings (SSSR count). The summed E-state index contributed by atoms with van der Waals surface area (Å²) in [5.74, 6) is 1.78. The zero-order valence-electron chi connectivity index (χ0n) is 30.1. The molecule has 6 atom stereocenters. The fourth-order valence-electron chi connectivity index (χ4n) is 8.18. The van der Waals surface area contributed by atoms with Crippen LogP contribution in [0.5, 0.6) is 28.7 Å². The number of methoxy groups -OCH3 is 2. The fraction of sp³-hybridized carbons (Fsp3) is 0.583. The predicted molar refractivity (Wildman–Crippen MR) is 181 cm³/mol. The van der Waals surface area contributed by atoms with Crippen LogP contribution in [0.2, 0.25) is 0 Å².